The highest BCUT2D eigenvalue weighted by Crippen LogP contribution is 2.21. The summed E-state index contributed by atoms with van der Waals surface area (Å²) in [6, 6.07) is 5.67. The Bertz CT molecular complexity index is 274. The molecule has 3 nitrogen and oxygen atoms in total. The van der Waals surface area contributed by atoms with Crippen molar-refractivity contribution < 1.29 is 9.47 Å². The number of ether oxygens (including phenoxy) is 2. The third-order valence-electron chi connectivity index (χ3n) is 1.77. The van der Waals surface area contributed by atoms with E-state index >= 15 is 0 Å². The van der Waals surface area contributed by atoms with E-state index in [0.29, 0.717) is 24.7 Å². The molecule has 0 atom stereocenters. The van der Waals surface area contributed by atoms with E-state index in [9.17, 15) is 0 Å². The largest absolute Gasteiger partial charge is 0.495 e. The topological polar surface area (TPSA) is 44.5 Å². The molecule has 0 saturated heterocycles. The third kappa shape index (κ3) is 2.63. The molecule has 0 bridgehead atoms. The van der Waals surface area contributed by atoms with Crippen molar-refractivity contribution in [2.45, 2.75) is 13.5 Å². The minimum absolute atomic E-state index is 0.602. The van der Waals surface area contributed by atoms with Crippen LogP contribution in [-0.4, -0.2) is 13.7 Å². The molecule has 0 spiro atoms. The van der Waals surface area contributed by atoms with Gasteiger partial charge in [0.1, 0.15) is 5.75 Å². The molecule has 0 unspecified atom stereocenters. The van der Waals surface area contributed by atoms with Gasteiger partial charge in [0, 0.05) is 6.61 Å². The first-order valence-electron chi connectivity index (χ1n) is 4.28. The first kappa shape index (κ1) is 9.86. The van der Waals surface area contributed by atoms with Crippen LogP contribution in [0.25, 0.3) is 0 Å². The molecule has 13 heavy (non-hydrogen) atoms. The number of hydrogen-bond donors (Lipinski definition) is 1. The highest BCUT2D eigenvalue weighted by Gasteiger charge is 1.99. The molecule has 0 aliphatic rings. The smallest absolute Gasteiger partial charge is 0.141 e. The van der Waals surface area contributed by atoms with Crippen molar-refractivity contribution in [2.24, 2.45) is 0 Å². The number of benzene rings is 1. The molecule has 1 aromatic rings. The van der Waals surface area contributed by atoms with Crippen molar-refractivity contribution in [1.82, 2.24) is 0 Å². The van der Waals surface area contributed by atoms with Crippen LogP contribution in [0.5, 0.6) is 5.75 Å². The predicted octanol–water partition coefficient (Wildman–Crippen LogP) is 1.81. The minimum Gasteiger partial charge on any atom is -0.495 e. The highest BCUT2D eigenvalue weighted by molar-refractivity contribution is 5.54. The monoisotopic (exact) mass is 181 g/mol. The van der Waals surface area contributed by atoms with E-state index in [-0.39, 0.29) is 0 Å². The summed E-state index contributed by atoms with van der Waals surface area (Å²) in [6.07, 6.45) is 0. The fourth-order valence-electron chi connectivity index (χ4n) is 1.09. The molecule has 0 amide bonds. The molecule has 2 N–H and O–H groups in total. The Hall–Kier alpha value is -1.22. The summed E-state index contributed by atoms with van der Waals surface area (Å²) in [4.78, 5) is 0. The lowest BCUT2D eigenvalue weighted by molar-refractivity contribution is 0.134. The van der Waals surface area contributed by atoms with Crippen molar-refractivity contribution in [1.29, 1.82) is 0 Å². The quantitative estimate of drug-likeness (QED) is 0.720. The summed E-state index contributed by atoms with van der Waals surface area (Å²) in [5.74, 6) is 0.709. The van der Waals surface area contributed by atoms with Gasteiger partial charge in [-0.05, 0) is 24.6 Å². The van der Waals surface area contributed by atoms with Crippen LogP contribution in [0.4, 0.5) is 5.69 Å². The molecule has 0 aromatic heterocycles. The second-order valence-corrected chi connectivity index (χ2v) is 2.71. The molecular weight excluding hydrogens is 166 g/mol. The average molecular weight is 181 g/mol. The van der Waals surface area contributed by atoms with E-state index in [1.165, 1.54) is 0 Å². The van der Waals surface area contributed by atoms with Crippen LogP contribution in [0.1, 0.15) is 12.5 Å². The average Bonchev–Trinajstić information content (AvgIpc) is 2.15. The maximum Gasteiger partial charge on any atom is 0.141 e. The van der Waals surface area contributed by atoms with Crippen LogP contribution in [-0.2, 0) is 11.3 Å². The van der Waals surface area contributed by atoms with Crippen LogP contribution in [0.3, 0.4) is 0 Å². The zero-order valence-corrected chi connectivity index (χ0v) is 8.04. The first-order valence-corrected chi connectivity index (χ1v) is 4.28. The summed E-state index contributed by atoms with van der Waals surface area (Å²) < 4.78 is 10.3. The Morgan fingerprint density at radius 3 is 2.69 bits per heavy atom. The number of rotatable bonds is 4. The van der Waals surface area contributed by atoms with E-state index in [4.69, 9.17) is 15.2 Å². The van der Waals surface area contributed by atoms with Crippen molar-refractivity contribution in [2.75, 3.05) is 19.5 Å². The maximum atomic E-state index is 5.72. The second-order valence-electron chi connectivity index (χ2n) is 2.71. The third-order valence-corrected chi connectivity index (χ3v) is 1.77. The lowest BCUT2D eigenvalue weighted by atomic mass is 10.2. The number of nitrogens with two attached hydrogens (primary N) is 1. The van der Waals surface area contributed by atoms with Gasteiger partial charge < -0.3 is 15.2 Å². The molecule has 0 saturated carbocycles. The molecular formula is C10H15NO2. The van der Waals surface area contributed by atoms with Gasteiger partial charge in [0.05, 0.1) is 19.4 Å². The van der Waals surface area contributed by atoms with Crippen molar-refractivity contribution in [3.05, 3.63) is 23.8 Å². The van der Waals surface area contributed by atoms with Crippen LogP contribution < -0.4 is 10.5 Å². The van der Waals surface area contributed by atoms with E-state index < -0.39 is 0 Å². The normalized spacial score (nSPS) is 10.0. The van der Waals surface area contributed by atoms with Gasteiger partial charge in [0.15, 0.2) is 0 Å². The fourth-order valence-corrected chi connectivity index (χ4v) is 1.09. The Kier molecular flexibility index (Phi) is 3.58. The van der Waals surface area contributed by atoms with E-state index in [2.05, 4.69) is 0 Å². The van der Waals surface area contributed by atoms with Gasteiger partial charge in [-0.25, -0.2) is 0 Å². The van der Waals surface area contributed by atoms with Crippen LogP contribution >= 0.6 is 0 Å². The Morgan fingerprint density at radius 1 is 1.38 bits per heavy atom. The van der Waals surface area contributed by atoms with Crippen LogP contribution in [0, 0.1) is 0 Å². The molecule has 1 aromatic carbocycles. The van der Waals surface area contributed by atoms with Gasteiger partial charge >= 0.3 is 0 Å². The standard InChI is InChI=1S/C10H15NO2/c1-3-13-7-8-4-5-10(12-2)9(11)6-8/h4-6H,3,7,11H2,1-2H3. The minimum atomic E-state index is 0.602. The molecule has 0 fully saturated rings. The molecule has 0 radical (unpaired) electrons. The molecule has 72 valence electrons. The van der Waals surface area contributed by atoms with E-state index in [1.807, 2.05) is 25.1 Å². The van der Waals surface area contributed by atoms with Crippen molar-refractivity contribution in [3.63, 3.8) is 0 Å². The predicted molar refractivity (Wildman–Crippen MR) is 52.7 cm³/mol. The summed E-state index contributed by atoms with van der Waals surface area (Å²) in [5.41, 5.74) is 7.45. The first-order chi connectivity index (χ1) is 6.27. The SMILES string of the molecule is CCOCc1ccc(OC)c(N)c1. The van der Waals surface area contributed by atoms with E-state index in [1.54, 1.807) is 7.11 Å². The van der Waals surface area contributed by atoms with Gasteiger partial charge in [-0.15, -0.1) is 0 Å². The second kappa shape index (κ2) is 4.72. The molecule has 0 aliphatic carbocycles. The molecule has 0 heterocycles. The van der Waals surface area contributed by atoms with E-state index in [0.717, 1.165) is 5.56 Å². The Labute approximate surface area is 78.5 Å². The number of nitrogen functional groups attached to an aromatic ring is 1. The fraction of sp³-hybridized carbons (Fsp3) is 0.400. The Morgan fingerprint density at radius 2 is 2.15 bits per heavy atom. The number of methoxy groups -OCH3 is 1. The van der Waals surface area contributed by atoms with Crippen LogP contribution in [0.2, 0.25) is 0 Å². The summed E-state index contributed by atoms with van der Waals surface area (Å²) >= 11 is 0. The lowest BCUT2D eigenvalue weighted by Gasteiger charge is -2.06. The number of hydrogen-bond acceptors (Lipinski definition) is 3. The van der Waals surface area contributed by atoms with Gasteiger partial charge in [-0.2, -0.15) is 0 Å². The zero-order chi connectivity index (χ0) is 9.68. The van der Waals surface area contributed by atoms with Crippen molar-refractivity contribution in [3.8, 4) is 5.75 Å². The lowest BCUT2D eigenvalue weighted by Crippen LogP contribution is -1.96. The molecule has 1 rings (SSSR count). The molecule has 3 heteroatoms. The number of anilines is 1. The summed E-state index contributed by atoms with van der Waals surface area (Å²) in [7, 11) is 1.61. The van der Waals surface area contributed by atoms with Gasteiger partial charge in [-0.1, -0.05) is 6.07 Å². The van der Waals surface area contributed by atoms with Gasteiger partial charge in [-0.3, -0.25) is 0 Å². The van der Waals surface area contributed by atoms with Crippen molar-refractivity contribution >= 4 is 5.69 Å². The van der Waals surface area contributed by atoms with Gasteiger partial charge in [0.25, 0.3) is 0 Å². The highest BCUT2D eigenvalue weighted by atomic mass is 16.5. The zero-order valence-electron chi connectivity index (χ0n) is 8.04. The maximum absolute atomic E-state index is 5.72. The summed E-state index contributed by atoms with van der Waals surface area (Å²) in [5, 5.41) is 0. The summed E-state index contributed by atoms with van der Waals surface area (Å²) in [6.45, 7) is 3.28. The molecule has 0 aliphatic heterocycles. The van der Waals surface area contributed by atoms with Crippen LogP contribution in [0.15, 0.2) is 18.2 Å². The van der Waals surface area contributed by atoms with Gasteiger partial charge in [0.2, 0.25) is 0 Å². The Balaban J connectivity index is 2.71.